The maximum atomic E-state index is 6.09. The minimum absolute atomic E-state index is 0.599. The van der Waals surface area contributed by atoms with Crippen molar-refractivity contribution >= 4 is 21.6 Å². The molecule has 1 saturated heterocycles. The Hall–Kier alpha value is -0.540. The Labute approximate surface area is 125 Å². The molecule has 2 nitrogen and oxygen atoms in total. The van der Waals surface area contributed by atoms with Crippen molar-refractivity contribution < 1.29 is 0 Å². The Kier molecular flexibility index (Phi) is 4.91. The predicted molar refractivity (Wildman–Crippen MR) is 86.1 cm³/mol. The highest BCUT2D eigenvalue weighted by molar-refractivity contribution is 9.10. The lowest BCUT2D eigenvalue weighted by Gasteiger charge is -2.41. The highest BCUT2D eigenvalue weighted by atomic mass is 79.9. The van der Waals surface area contributed by atoms with Gasteiger partial charge in [0.05, 0.1) is 0 Å². The van der Waals surface area contributed by atoms with Crippen LogP contribution in [0.4, 0.5) is 5.69 Å². The zero-order valence-electron chi connectivity index (χ0n) is 12.1. The van der Waals surface area contributed by atoms with Crippen molar-refractivity contribution in [3.8, 4) is 0 Å². The quantitative estimate of drug-likeness (QED) is 0.830. The highest BCUT2D eigenvalue weighted by Gasteiger charge is 2.31. The molecule has 2 N–H and O–H groups in total. The lowest BCUT2D eigenvalue weighted by molar-refractivity contribution is 0.0910. The fourth-order valence-electron chi connectivity index (χ4n) is 3.09. The average molecular weight is 325 g/mol. The van der Waals surface area contributed by atoms with E-state index >= 15 is 0 Å². The SMILES string of the molecule is CCC1(CC)CCN(Cc2ccc(Br)cc2N)CC1. The predicted octanol–water partition coefficient (Wildman–Crippen LogP) is 4.43. The molecule has 106 valence electrons. The Balaban J connectivity index is 1.95. The smallest absolute Gasteiger partial charge is 0.0371 e. The Morgan fingerprint density at radius 1 is 1.21 bits per heavy atom. The molecule has 19 heavy (non-hydrogen) atoms. The summed E-state index contributed by atoms with van der Waals surface area (Å²) in [7, 11) is 0. The Morgan fingerprint density at radius 3 is 2.37 bits per heavy atom. The van der Waals surface area contributed by atoms with E-state index in [2.05, 4.69) is 46.8 Å². The molecular formula is C16H25BrN2. The van der Waals surface area contributed by atoms with Gasteiger partial charge >= 0.3 is 0 Å². The monoisotopic (exact) mass is 324 g/mol. The van der Waals surface area contributed by atoms with Gasteiger partial charge in [-0.1, -0.05) is 48.7 Å². The molecule has 0 radical (unpaired) electrons. The van der Waals surface area contributed by atoms with Crippen LogP contribution >= 0.6 is 15.9 Å². The molecule has 1 fully saturated rings. The van der Waals surface area contributed by atoms with Gasteiger partial charge in [-0.05, 0) is 49.0 Å². The molecule has 2 rings (SSSR count). The zero-order valence-corrected chi connectivity index (χ0v) is 13.7. The summed E-state index contributed by atoms with van der Waals surface area (Å²) in [6.45, 7) is 8.08. The fraction of sp³-hybridized carbons (Fsp3) is 0.625. The summed E-state index contributed by atoms with van der Waals surface area (Å²) in [5, 5.41) is 0. The molecule has 1 heterocycles. The van der Waals surface area contributed by atoms with Gasteiger partial charge in [-0.3, -0.25) is 4.90 Å². The van der Waals surface area contributed by atoms with E-state index in [9.17, 15) is 0 Å². The summed E-state index contributed by atoms with van der Waals surface area (Å²) in [5.74, 6) is 0. The summed E-state index contributed by atoms with van der Waals surface area (Å²) in [6, 6.07) is 6.22. The summed E-state index contributed by atoms with van der Waals surface area (Å²) in [6.07, 6.45) is 5.29. The first-order valence-electron chi connectivity index (χ1n) is 7.35. The van der Waals surface area contributed by atoms with E-state index in [-0.39, 0.29) is 0 Å². The molecule has 0 bridgehead atoms. The van der Waals surface area contributed by atoms with Crippen molar-refractivity contribution in [2.24, 2.45) is 5.41 Å². The van der Waals surface area contributed by atoms with E-state index < -0.39 is 0 Å². The zero-order chi connectivity index (χ0) is 13.9. The van der Waals surface area contributed by atoms with Crippen LogP contribution in [0.1, 0.15) is 45.1 Å². The van der Waals surface area contributed by atoms with Crippen LogP contribution in [0.2, 0.25) is 0 Å². The van der Waals surface area contributed by atoms with Gasteiger partial charge in [-0.2, -0.15) is 0 Å². The van der Waals surface area contributed by atoms with Gasteiger partial charge < -0.3 is 5.73 Å². The van der Waals surface area contributed by atoms with E-state index in [1.807, 2.05) is 6.07 Å². The maximum Gasteiger partial charge on any atom is 0.0371 e. The number of nitrogen functional groups attached to an aromatic ring is 1. The number of anilines is 1. The largest absolute Gasteiger partial charge is 0.398 e. The van der Waals surface area contributed by atoms with Crippen molar-refractivity contribution in [2.45, 2.75) is 46.1 Å². The number of hydrogen-bond acceptors (Lipinski definition) is 2. The summed E-state index contributed by atoms with van der Waals surface area (Å²) >= 11 is 3.46. The summed E-state index contributed by atoms with van der Waals surface area (Å²) in [5.41, 5.74) is 8.84. The normalized spacial score (nSPS) is 19.5. The van der Waals surface area contributed by atoms with Crippen LogP contribution in [0.5, 0.6) is 0 Å². The molecule has 3 heteroatoms. The molecule has 1 aromatic carbocycles. The minimum atomic E-state index is 0.599. The molecule has 0 amide bonds. The standard InChI is InChI=1S/C16H25BrN2/c1-3-16(4-2)7-9-19(10-8-16)12-13-5-6-14(17)11-15(13)18/h5-6,11H,3-4,7-10,12,18H2,1-2H3. The van der Waals surface area contributed by atoms with E-state index in [4.69, 9.17) is 5.73 Å². The van der Waals surface area contributed by atoms with E-state index in [0.717, 1.165) is 16.7 Å². The molecule has 1 aromatic rings. The first kappa shape index (κ1) is 14.9. The second-order valence-corrected chi connectivity index (χ2v) is 6.74. The van der Waals surface area contributed by atoms with Gasteiger partial charge in [-0.15, -0.1) is 0 Å². The van der Waals surface area contributed by atoms with Crippen LogP contribution in [-0.4, -0.2) is 18.0 Å². The Bertz CT molecular complexity index is 417. The molecule has 0 aliphatic carbocycles. The number of likely N-dealkylation sites (tertiary alicyclic amines) is 1. The number of rotatable bonds is 4. The maximum absolute atomic E-state index is 6.09. The third kappa shape index (κ3) is 3.51. The second-order valence-electron chi connectivity index (χ2n) is 5.83. The number of halogens is 1. The molecular weight excluding hydrogens is 300 g/mol. The summed E-state index contributed by atoms with van der Waals surface area (Å²) in [4.78, 5) is 2.54. The molecule has 0 atom stereocenters. The van der Waals surface area contributed by atoms with Gasteiger partial charge in [0.25, 0.3) is 0 Å². The molecule has 0 saturated carbocycles. The first-order valence-corrected chi connectivity index (χ1v) is 8.14. The highest BCUT2D eigenvalue weighted by Crippen LogP contribution is 2.38. The van der Waals surface area contributed by atoms with Crippen LogP contribution in [0.25, 0.3) is 0 Å². The van der Waals surface area contributed by atoms with Gasteiger partial charge in [0, 0.05) is 16.7 Å². The molecule has 1 aliphatic rings. The number of hydrogen-bond donors (Lipinski definition) is 1. The molecule has 0 unspecified atom stereocenters. The lowest BCUT2D eigenvalue weighted by Crippen LogP contribution is -2.39. The van der Waals surface area contributed by atoms with E-state index in [1.165, 1.54) is 44.3 Å². The van der Waals surface area contributed by atoms with E-state index in [0.29, 0.717) is 5.41 Å². The van der Waals surface area contributed by atoms with Crippen LogP contribution < -0.4 is 5.73 Å². The van der Waals surface area contributed by atoms with Crippen LogP contribution in [0.3, 0.4) is 0 Å². The number of benzene rings is 1. The number of nitrogens with two attached hydrogens (primary N) is 1. The third-order valence-corrected chi connectivity index (χ3v) is 5.41. The second kappa shape index (κ2) is 6.27. The Morgan fingerprint density at radius 2 is 1.84 bits per heavy atom. The van der Waals surface area contributed by atoms with Gasteiger partial charge in [0.15, 0.2) is 0 Å². The van der Waals surface area contributed by atoms with Crippen LogP contribution in [0.15, 0.2) is 22.7 Å². The number of nitrogens with zero attached hydrogens (tertiary/aromatic N) is 1. The van der Waals surface area contributed by atoms with Crippen molar-refractivity contribution in [2.75, 3.05) is 18.8 Å². The van der Waals surface area contributed by atoms with Crippen molar-refractivity contribution in [1.29, 1.82) is 0 Å². The van der Waals surface area contributed by atoms with Crippen LogP contribution in [-0.2, 0) is 6.54 Å². The first-order chi connectivity index (χ1) is 9.08. The molecule has 1 aliphatic heterocycles. The van der Waals surface area contributed by atoms with Crippen molar-refractivity contribution in [3.63, 3.8) is 0 Å². The minimum Gasteiger partial charge on any atom is -0.398 e. The molecule has 0 spiro atoms. The summed E-state index contributed by atoms with van der Waals surface area (Å²) < 4.78 is 1.06. The van der Waals surface area contributed by atoms with E-state index in [1.54, 1.807) is 0 Å². The van der Waals surface area contributed by atoms with Crippen molar-refractivity contribution in [1.82, 2.24) is 4.90 Å². The van der Waals surface area contributed by atoms with Crippen molar-refractivity contribution in [3.05, 3.63) is 28.2 Å². The van der Waals surface area contributed by atoms with Crippen LogP contribution in [0, 0.1) is 5.41 Å². The average Bonchev–Trinajstić information content (AvgIpc) is 2.43. The van der Waals surface area contributed by atoms with Gasteiger partial charge in [0.1, 0.15) is 0 Å². The fourth-order valence-corrected chi connectivity index (χ4v) is 3.47. The lowest BCUT2D eigenvalue weighted by atomic mass is 9.74. The topological polar surface area (TPSA) is 29.3 Å². The van der Waals surface area contributed by atoms with Gasteiger partial charge in [0.2, 0.25) is 0 Å². The third-order valence-electron chi connectivity index (χ3n) is 4.92. The number of piperidine rings is 1. The van der Waals surface area contributed by atoms with Gasteiger partial charge in [-0.25, -0.2) is 0 Å². The molecule has 0 aromatic heterocycles.